The topological polar surface area (TPSA) is 102 Å². The fraction of sp³-hybridized carbons (Fsp3) is 0.583. The minimum absolute atomic E-state index is 0. The van der Waals surface area contributed by atoms with E-state index in [-0.39, 0.29) is 30.8 Å². The maximum absolute atomic E-state index is 11.7. The summed E-state index contributed by atoms with van der Waals surface area (Å²) in [6, 6.07) is 0.334. The van der Waals surface area contributed by atoms with Crippen molar-refractivity contribution < 1.29 is 9.59 Å². The fourth-order valence-corrected chi connectivity index (χ4v) is 1.45. The summed E-state index contributed by atoms with van der Waals surface area (Å²) in [5.74, 6) is -0.364. The van der Waals surface area contributed by atoms with Gasteiger partial charge in [-0.1, -0.05) is 0 Å². The van der Waals surface area contributed by atoms with Crippen LogP contribution in [0.2, 0.25) is 0 Å². The zero-order valence-electron chi connectivity index (χ0n) is 11.5. The molecule has 1 aliphatic carbocycles. The van der Waals surface area contributed by atoms with Gasteiger partial charge in [-0.05, 0) is 26.7 Å². The molecular formula is C12H20ClN5O2. The van der Waals surface area contributed by atoms with E-state index in [2.05, 4.69) is 15.7 Å². The van der Waals surface area contributed by atoms with Crippen LogP contribution in [0.5, 0.6) is 0 Å². The molecule has 7 nitrogen and oxygen atoms in total. The van der Waals surface area contributed by atoms with Crippen LogP contribution in [-0.2, 0) is 16.1 Å². The van der Waals surface area contributed by atoms with Gasteiger partial charge in [0.25, 0.3) is 0 Å². The van der Waals surface area contributed by atoms with Crippen LogP contribution in [0.4, 0.5) is 5.69 Å². The Morgan fingerprint density at radius 1 is 1.50 bits per heavy atom. The largest absolute Gasteiger partial charge is 0.352 e. The number of carbonyl (C=O) groups is 2. The zero-order chi connectivity index (χ0) is 14.0. The summed E-state index contributed by atoms with van der Waals surface area (Å²) in [5.41, 5.74) is 5.25. The SMILES string of the molecule is CC(C)(N)C(=O)Nc1cnn(CC(=O)NC2CC2)c1.Cl. The van der Waals surface area contributed by atoms with Crippen molar-refractivity contribution in [3.8, 4) is 0 Å². The summed E-state index contributed by atoms with van der Waals surface area (Å²) in [4.78, 5) is 23.2. The zero-order valence-corrected chi connectivity index (χ0v) is 12.4. The number of nitrogens with one attached hydrogen (secondary N) is 2. The third kappa shape index (κ3) is 4.82. The Hall–Kier alpha value is -1.60. The van der Waals surface area contributed by atoms with E-state index in [1.165, 1.54) is 10.9 Å². The minimum atomic E-state index is -0.953. The maximum Gasteiger partial charge on any atom is 0.243 e. The first-order chi connectivity index (χ1) is 8.84. The highest BCUT2D eigenvalue weighted by Gasteiger charge is 2.24. The third-order valence-electron chi connectivity index (χ3n) is 2.72. The summed E-state index contributed by atoms with van der Waals surface area (Å²) < 4.78 is 1.48. The smallest absolute Gasteiger partial charge is 0.243 e. The molecule has 1 fully saturated rings. The lowest BCUT2D eigenvalue weighted by molar-refractivity contribution is -0.122. The number of amides is 2. The number of hydrogen-bond acceptors (Lipinski definition) is 4. The van der Waals surface area contributed by atoms with E-state index >= 15 is 0 Å². The monoisotopic (exact) mass is 301 g/mol. The predicted molar refractivity (Wildman–Crippen MR) is 77.5 cm³/mol. The van der Waals surface area contributed by atoms with Gasteiger partial charge in [0.15, 0.2) is 0 Å². The van der Waals surface area contributed by atoms with E-state index in [4.69, 9.17) is 5.73 Å². The Kier molecular flexibility index (Phi) is 5.13. The molecule has 1 saturated carbocycles. The van der Waals surface area contributed by atoms with Crippen LogP contribution in [-0.4, -0.2) is 33.2 Å². The number of carbonyl (C=O) groups excluding carboxylic acids is 2. The van der Waals surface area contributed by atoms with Gasteiger partial charge in [-0.25, -0.2) is 0 Å². The second-order valence-corrected chi connectivity index (χ2v) is 5.44. The molecule has 4 N–H and O–H groups in total. The van der Waals surface area contributed by atoms with E-state index in [1.54, 1.807) is 20.0 Å². The van der Waals surface area contributed by atoms with E-state index < -0.39 is 5.54 Å². The van der Waals surface area contributed by atoms with Gasteiger partial charge in [-0.15, -0.1) is 12.4 Å². The predicted octanol–water partition coefficient (Wildman–Crippen LogP) is 0.259. The number of rotatable bonds is 5. The Bertz CT molecular complexity index is 490. The second kappa shape index (κ2) is 6.23. The van der Waals surface area contributed by atoms with Crippen LogP contribution in [0.3, 0.4) is 0 Å². The third-order valence-corrected chi connectivity index (χ3v) is 2.72. The molecule has 1 aromatic heterocycles. The summed E-state index contributed by atoms with van der Waals surface area (Å²) in [6.45, 7) is 3.39. The highest BCUT2D eigenvalue weighted by molar-refractivity contribution is 5.97. The lowest BCUT2D eigenvalue weighted by atomic mass is 10.1. The Morgan fingerprint density at radius 2 is 2.15 bits per heavy atom. The van der Waals surface area contributed by atoms with Crippen molar-refractivity contribution in [2.45, 2.75) is 44.8 Å². The number of halogens is 1. The molecular weight excluding hydrogens is 282 g/mol. The number of nitrogens with two attached hydrogens (primary N) is 1. The van der Waals surface area contributed by atoms with Gasteiger partial charge in [0, 0.05) is 12.2 Å². The Balaban J connectivity index is 0.00000200. The van der Waals surface area contributed by atoms with E-state index in [9.17, 15) is 9.59 Å². The first kappa shape index (κ1) is 16.5. The average molecular weight is 302 g/mol. The van der Waals surface area contributed by atoms with Gasteiger partial charge in [-0.3, -0.25) is 14.3 Å². The molecule has 0 atom stereocenters. The normalized spacial score (nSPS) is 14.3. The van der Waals surface area contributed by atoms with Crippen LogP contribution in [0.1, 0.15) is 26.7 Å². The van der Waals surface area contributed by atoms with Crippen molar-refractivity contribution in [1.29, 1.82) is 0 Å². The molecule has 0 saturated heterocycles. The van der Waals surface area contributed by atoms with Gasteiger partial charge in [0.1, 0.15) is 6.54 Å². The molecule has 0 radical (unpaired) electrons. The molecule has 0 aromatic carbocycles. The molecule has 8 heteroatoms. The van der Waals surface area contributed by atoms with Gasteiger partial charge in [0.05, 0.1) is 17.4 Å². The number of anilines is 1. The number of hydrogen-bond donors (Lipinski definition) is 3. The highest BCUT2D eigenvalue weighted by Crippen LogP contribution is 2.18. The van der Waals surface area contributed by atoms with Gasteiger partial charge >= 0.3 is 0 Å². The van der Waals surface area contributed by atoms with Crippen LogP contribution in [0, 0.1) is 0 Å². The van der Waals surface area contributed by atoms with Crippen LogP contribution < -0.4 is 16.4 Å². The van der Waals surface area contributed by atoms with Crippen molar-refractivity contribution in [3.63, 3.8) is 0 Å². The quantitative estimate of drug-likeness (QED) is 0.726. The van der Waals surface area contributed by atoms with Crippen LogP contribution in [0.15, 0.2) is 12.4 Å². The second-order valence-electron chi connectivity index (χ2n) is 5.44. The summed E-state index contributed by atoms with van der Waals surface area (Å²) >= 11 is 0. The molecule has 0 unspecified atom stereocenters. The van der Waals surface area contributed by atoms with Crippen LogP contribution in [0.25, 0.3) is 0 Å². The standard InChI is InChI=1S/C12H19N5O2.ClH/c1-12(2,13)11(19)16-9-5-14-17(6-9)7-10(18)15-8-3-4-8;/h5-6,8H,3-4,7,13H2,1-2H3,(H,15,18)(H,16,19);1H. The lowest BCUT2D eigenvalue weighted by Crippen LogP contribution is -2.45. The molecule has 112 valence electrons. The van der Waals surface area contributed by atoms with Crippen molar-refractivity contribution in [2.24, 2.45) is 5.73 Å². The fourth-order valence-electron chi connectivity index (χ4n) is 1.45. The molecule has 0 aliphatic heterocycles. The molecule has 0 spiro atoms. The number of nitrogens with zero attached hydrogens (tertiary/aromatic N) is 2. The Labute approximate surface area is 123 Å². The summed E-state index contributed by atoms with van der Waals surface area (Å²) in [5, 5.41) is 9.54. The summed E-state index contributed by atoms with van der Waals surface area (Å²) in [7, 11) is 0. The summed E-state index contributed by atoms with van der Waals surface area (Å²) in [6.07, 6.45) is 5.21. The first-order valence-corrected chi connectivity index (χ1v) is 6.27. The van der Waals surface area contributed by atoms with Crippen molar-refractivity contribution >= 4 is 29.9 Å². The molecule has 1 aliphatic rings. The number of aromatic nitrogens is 2. The molecule has 2 rings (SSSR count). The molecule has 1 aromatic rings. The maximum atomic E-state index is 11.7. The lowest BCUT2D eigenvalue weighted by Gasteiger charge is -2.16. The van der Waals surface area contributed by atoms with Crippen molar-refractivity contribution in [3.05, 3.63) is 12.4 Å². The van der Waals surface area contributed by atoms with Gasteiger partial charge < -0.3 is 16.4 Å². The minimum Gasteiger partial charge on any atom is -0.352 e. The van der Waals surface area contributed by atoms with E-state index in [0.29, 0.717) is 11.7 Å². The highest BCUT2D eigenvalue weighted by atomic mass is 35.5. The van der Waals surface area contributed by atoms with E-state index in [0.717, 1.165) is 12.8 Å². The van der Waals surface area contributed by atoms with Gasteiger partial charge in [0.2, 0.25) is 11.8 Å². The molecule has 20 heavy (non-hydrogen) atoms. The van der Waals surface area contributed by atoms with Crippen molar-refractivity contribution in [2.75, 3.05) is 5.32 Å². The molecule has 2 amide bonds. The molecule has 1 heterocycles. The Morgan fingerprint density at radius 3 is 2.70 bits per heavy atom. The van der Waals surface area contributed by atoms with Crippen LogP contribution >= 0.6 is 12.4 Å². The van der Waals surface area contributed by atoms with Gasteiger partial charge in [-0.2, -0.15) is 5.10 Å². The van der Waals surface area contributed by atoms with Crippen molar-refractivity contribution in [1.82, 2.24) is 15.1 Å². The molecule has 0 bridgehead atoms. The average Bonchev–Trinajstić information content (AvgIpc) is 2.98. The first-order valence-electron chi connectivity index (χ1n) is 6.27. The van der Waals surface area contributed by atoms with E-state index in [1.807, 2.05) is 0 Å².